The van der Waals surface area contributed by atoms with E-state index in [0.717, 1.165) is 21.9 Å². The Labute approximate surface area is 93.6 Å². The lowest BCUT2D eigenvalue weighted by Crippen LogP contribution is -1.87. The fourth-order valence-corrected chi connectivity index (χ4v) is 1.83. The Kier molecular flexibility index (Phi) is 2.65. The van der Waals surface area contributed by atoms with E-state index in [2.05, 4.69) is 6.58 Å². The van der Waals surface area contributed by atoms with Gasteiger partial charge in [-0.25, -0.2) is 0 Å². The number of hydrogen-bond acceptors (Lipinski definition) is 1. The van der Waals surface area contributed by atoms with Gasteiger partial charge in [0.05, 0.1) is 0 Å². The third-order valence-corrected chi connectivity index (χ3v) is 2.74. The molecule has 2 aromatic rings. The van der Waals surface area contributed by atoms with E-state index in [0.29, 0.717) is 5.88 Å². The zero-order valence-electron chi connectivity index (χ0n) is 8.20. The van der Waals surface area contributed by atoms with Crippen LogP contribution in [0, 0.1) is 0 Å². The Morgan fingerprint density at radius 2 is 1.93 bits per heavy atom. The molecule has 2 rings (SSSR count). The molecule has 76 valence electrons. The summed E-state index contributed by atoms with van der Waals surface area (Å²) in [5.41, 5.74) is 1.49. The summed E-state index contributed by atoms with van der Waals surface area (Å²) in [5, 5.41) is 11.9. The molecule has 0 spiro atoms. The summed E-state index contributed by atoms with van der Waals surface area (Å²) in [4.78, 5) is 0. The summed E-state index contributed by atoms with van der Waals surface area (Å²) in [6, 6.07) is 11.4. The van der Waals surface area contributed by atoms with E-state index in [9.17, 15) is 5.11 Å². The van der Waals surface area contributed by atoms with Gasteiger partial charge < -0.3 is 5.11 Å². The summed E-state index contributed by atoms with van der Waals surface area (Å²) < 4.78 is 0. The molecule has 0 aliphatic heterocycles. The Morgan fingerprint density at radius 1 is 1.20 bits per heavy atom. The molecule has 0 aromatic heterocycles. The highest BCUT2D eigenvalue weighted by Crippen LogP contribution is 2.32. The first-order valence-electron chi connectivity index (χ1n) is 4.69. The molecular weight excluding hydrogens is 208 g/mol. The monoisotopic (exact) mass is 218 g/mol. The number of halogens is 1. The van der Waals surface area contributed by atoms with Crippen LogP contribution in [0.15, 0.2) is 43.0 Å². The molecule has 15 heavy (non-hydrogen) atoms. The SMILES string of the molecule is C=C(CCl)c1c(O)ccc2ccccc12. The summed E-state index contributed by atoms with van der Waals surface area (Å²) >= 11 is 5.75. The lowest BCUT2D eigenvalue weighted by molar-refractivity contribution is 0.474. The number of rotatable bonds is 2. The van der Waals surface area contributed by atoms with Gasteiger partial charge in [-0.1, -0.05) is 36.9 Å². The molecule has 0 aliphatic rings. The summed E-state index contributed by atoms with van der Waals surface area (Å²) in [5.74, 6) is 0.557. The van der Waals surface area contributed by atoms with Gasteiger partial charge in [-0.2, -0.15) is 0 Å². The average molecular weight is 219 g/mol. The molecule has 0 bridgehead atoms. The third-order valence-electron chi connectivity index (χ3n) is 2.42. The van der Waals surface area contributed by atoms with E-state index in [1.165, 1.54) is 0 Å². The first-order chi connectivity index (χ1) is 7.24. The molecule has 0 atom stereocenters. The van der Waals surface area contributed by atoms with Gasteiger partial charge in [0.2, 0.25) is 0 Å². The van der Waals surface area contributed by atoms with Gasteiger partial charge in [-0.05, 0) is 22.4 Å². The van der Waals surface area contributed by atoms with Crippen molar-refractivity contribution < 1.29 is 5.11 Å². The van der Waals surface area contributed by atoms with Gasteiger partial charge in [-0.3, -0.25) is 0 Å². The first-order valence-corrected chi connectivity index (χ1v) is 5.22. The second-order valence-corrected chi connectivity index (χ2v) is 3.69. The molecule has 0 aliphatic carbocycles. The van der Waals surface area contributed by atoms with Crippen LogP contribution in [-0.2, 0) is 0 Å². The highest BCUT2D eigenvalue weighted by Gasteiger charge is 2.08. The molecular formula is C13H11ClO. The van der Waals surface area contributed by atoms with E-state index < -0.39 is 0 Å². The van der Waals surface area contributed by atoms with E-state index >= 15 is 0 Å². The number of hydrogen-bond donors (Lipinski definition) is 1. The van der Waals surface area contributed by atoms with Crippen LogP contribution in [0.5, 0.6) is 5.75 Å². The smallest absolute Gasteiger partial charge is 0.123 e. The van der Waals surface area contributed by atoms with Crippen LogP contribution in [0.3, 0.4) is 0 Å². The van der Waals surface area contributed by atoms with E-state index in [1.807, 2.05) is 30.3 Å². The van der Waals surface area contributed by atoms with Gasteiger partial charge in [0.1, 0.15) is 5.75 Å². The minimum absolute atomic E-state index is 0.236. The Hall–Kier alpha value is -1.47. The lowest BCUT2D eigenvalue weighted by Gasteiger charge is -2.09. The molecule has 0 saturated heterocycles. The fraction of sp³-hybridized carbons (Fsp3) is 0.0769. The van der Waals surface area contributed by atoms with Gasteiger partial charge in [0, 0.05) is 11.4 Å². The lowest BCUT2D eigenvalue weighted by atomic mass is 9.99. The Bertz CT molecular complexity index is 517. The second kappa shape index (κ2) is 3.95. The van der Waals surface area contributed by atoms with Crippen molar-refractivity contribution >= 4 is 27.9 Å². The van der Waals surface area contributed by atoms with Crippen LogP contribution in [0.2, 0.25) is 0 Å². The molecule has 0 saturated carbocycles. The van der Waals surface area contributed by atoms with E-state index in [-0.39, 0.29) is 5.75 Å². The molecule has 2 heteroatoms. The standard InChI is InChI=1S/C13H11ClO/c1-9(8-14)13-11-5-3-2-4-10(11)6-7-12(13)15/h2-7,15H,1,8H2. The van der Waals surface area contributed by atoms with Crippen molar-refractivity contribution in [3.8, 4) is 5.75 Å². The van der Waals surface area contributed by atoms with Crippen LogP contribution in [0.1, 0.15) is 5.56 Å². The third kappa shape index (κ3) is 1.71. The molecule has 0 unspecified atom stereocenters. The zero-order chi connectivity index (χ0) is 10.8. The second-order valence-electron chi connectivity index (χ2n) is 3.42. The first kappa shape index (κ1) is 10.1. The van der Waals surface area contributed by atoms with Gasteiger partial charge >= 0.3 is 0 Å². The Balaban J connectivity index is 2.79. The number of benzene rings is 2. The summed E-state index contributed by atoms with van der Waals surface area (Å²) in [7, 11) is 0. The Morgan fingerprint density at radius 3 is 2.67 bits per heavy atom. The molecule has 0 amide bonds. The molecule has 1 N–H and O–H groups in total. The van der Waals surface area contributed by atoms with Gasteiger partial charge in [-0.15, -0.1) is 11.6 Å². The number of fused-ring (bicyclic) bond motifs is 1. The highest BCUT2D eigenvalue weighted by atomic mass is 35.5. The molecule has 0 radical (unpaired) electrons. The number of phenolic OH excluding ortho intramolecular Hbond substituents is 1. The number of aromatic hydroxyl groups is 1. The van der Waals surface area contributed by atoms with Crippen molar-refractivity contribution in [2.45, 2.75) is 0 Å². The van der Waals surface area contributed by atoms with Crippen molar-refractivity contribution in [2.24, 2.45) is 0 Å². The average Bonchev–Trinajstić information content (AvgIpc) is 2.28. The maximum Gasteiger partial charge on any atom is 0.123 e. The predicted octanol–water partition coefficient (Wildman–Crippen LogP) is 3.80. The van der Waals surface area contributed by atoms with Crippen LogP contribution in [0.25, 0.3) is 16.3 Å². The molecule has 0 heterocycles. The van der Waals surface area contributed by atoms with Crippen LogP contribution >= 0.6 is 11.6 Å². The maximum atomic E-state index is 9.79. The topological polar surface area (TPSA) is 20.2 Å². The quantitative estimate of drug-likeness (QED) is 0.761. The minimum Gasteiger partial charge on any atom is -0.507 e. The van der Waals surface area contributed by atoms with Crippen molar-refractivity contribution in [2.75, 3.05) is 5.88 Å². The number of alkyl halides is 1. The number of phenols is 1. The van der Waals surface area contributed by atoms with Gasteiger partial charge in [0.15, 0.2) is 0 Å². The molecule has 2 aromatic carbocycles. The number of allylic oxidation sites excluding steroid dienone is 1. The fourth-order valence-electron chi connectivity index (χ4n) is 1.70. The van der Waals surface area contributed by atoms with E-state index in [4.69, 9.17) is 11.6 Å². The van der Waals surface area contributed by atoms with Crippen molar-refractivity contribution in [1.29, 1.82) is 0 Å². The molecule has 1 nitrogen and oxygen atoms in total. The predicted molar refractivity (Wildman–Crippen MR) is 65.4 cm³/mol. The normalized spacial score (nSPS) is 10.5. The summed E-state index contributed by atoms with van der Waals surface area (Å²) in [6.07, 6.45) is 0. The largest absolute Gasteiger partial charge is 0.507 e. The van der Waals surface area contributed by atoms with Crippen molar-refractivity contribution in [3.05, 3.63) is 48.5 Å². The van der Waals surface area contributed by atoms with Gasteiger partial charge in [0.25, 0.3) is 0 Å². The van der Waals surface area contributed by atoms with Crippen molar-refractivity contribution in [3.63, 3.8) is 0 Å². The van der Waals surface area contributed by atoms with Crippen LogP contribution in [-0.4, -0.2) is 11.0 Å². The zero-order valence-corrected chi connectivity index (χ0v) is 8.96. The van der Waals surface area contributed by atoms with Crippen LogP contribution in [0.4, 0.5) is 0 Å². The van der Waals surface area contributed by atoms with E-state index in [1.54, 1.807) is 6.07 Å². The summed E-state index contributed by atoms with van der Waals surface area (Å²) in [6.45, 7) is 3.86. The minimum atomic E-state index is 0.236. The highest BCUT2D eigenvalue weighted by molar-refractivity contribution is 6.24. The maximum absolute atomic E-state index is 9.79. The van der Waals surface area contributed by atoms with Crippen LogP contribution < -0.4 is 0 Å². The van der Waals surface area contributed by atoms with Crippen molar-refractivity contribution in [1.82, 2.24) is 0 Å². The molecule has 0 fully saturated rings.